The van der Waals surface area contributed by atoms with Crippen LogP contribution in [0.2, 0.25) is 13.1 Å². The molecule has 144 valence electrons. The van der Waals surface area contributed by atoms with Gasteiger partial charge in [0, 0.05) is 19.8 Å². The monoisotopic (exact) mass is 412 g/mol. The first kappa shape index (κ1) is 19.5. The van der Waals surface area contributed by atoms with Gasteiger partial charge in [-0.3, -0.25) is 0 Å². The minimum absolute atomic E-state index is 0.825. The van der Waals surface area contributed by atoms with E-state index in [0.29, 0.717) is 0 Å². The number of thiocarbonyl (C=S) groups is 1. The van der Waals surface area contributed by atoms with Gasteiger partial charge >= 0.3 is 0 Å². The Morgan fingerprint density at radius 2 is 1.66 bits per heavy atom. The summed E-state index contributed by atoms with van der Waals surface area (Å²) >= 11 is 4.74. The summed E-state index contributed by atoms with van der Waals surface area (Å²) in [7, 11) is 2.33. The van der Waals surface area contributed by atoms with Gasteiger partial charge in [0.25, 0.3) is 0 Å². The largest absolute Gasteiger partial charge is 0.378 e. The molecule has 4 rings (SSSR count). The molecule has 0 atom stereocenters. The predicted molar refractivity (Wildman–Crippen MR) is 131 cm³/mol. The Balaban J connectivity index is 2.10. The Morgan fingerprint density at radius 3 is 2.31 bits per heavy atom. The standard InChI is InChI=1S/C25H24N2SSi/c1-17-6-12-21-23(14-17)29(4,5)24-15-20(27(2)3)11-13-22(24)25(21)18-7-9-19(10-8-18)26-16-28/h6-15H,1H2,2-5H3. The van der Waals surface area contributed by atoms with Crippen molar-refractivity contribution in [2.75, 3.05) is 19.0 Å². The molecule has 3 aromatic carbocycles. The minimum Gasteiger partial charge on any atom is -0.378 e. The van der Waals surface area contributed by atoms with Crippen LogP contribution in [-0.4, -0.2) is 27.3 Å². The first-order valence-electron chi connectivity index (χ1n) is 9.67. The zero-order chi connectivity index (χ0) is 20.8. The second-order valence-electron chi connectivity index (χ2n) is 8.25. The Morgan fingerprint density at radius 1 is 0.931 bits per heavy atom. The number of hydrogen-bond acceptors (Lipinski definition) is 3. The first-order valence-corrected chi connectivity index (χ1v) is 13.1. The molecule has 0 saturated heterocycles. The van der Waals surface area contributed by atoms with Crippen molar-refractivity contribution in [3.63, 3.8) is 0 Å². The molecule has 1 aliphatic heterocycles. The van der Waals surface area contributed by atoms with E-state index in [0.717, 1.165) is 10.9 Å². The van der Waals surface area contributed by atoms with E-state index in [9.17, 15) is 0 Å². The van der Waals surface area contributed by atoms with Gasteiger partial charge in [-0.15, -0.1) is 0 Å². The molecule has 0 saturated carbocycles. The number of isothiocyanates is 1. The number of anilines is 1. The summed E-state index contributed by atoms with van der Waals surface area (Å²) in [6, 6.07) is 21.8. The zero-order valence-corrected chi connectivity index (χ0v) is 19.1. The van der Waals surface area contributed by atoms with Crippen molar-refractivity contribution >= 4 is 59.4 Å². The molecule has 0 aromatic heterocycles. The number of nitrogens with zero attached hydrogens (tertiary/aromatic N) is 2. The first-order chi connectivity index (χ1) is 13.8. The number of aliphatic imine (C=N–C) groups is 1. The van der Waals surface area contributed by atoms with Crippen molar-refractivity contribution in [2.45, 2.75) is 13.1 Å². The van der Waals surface area contributed by atoms with Crippen LogP contribution in [0.3, 0.4) is 0 Å². The average Bonchev–Trinajstić information content (AvgIpc) is 2.70. The summed E-state index contributed by atoms with van der Waals surface area (Å²) < 4.78 is 0. The van der Waals surface area contributed by atoms with Crippen LogP contribution in [0, 0.1) is 0 Å². The molecule has 0 N–H and O–H groups in total. The van der Waals surface area contributed by atoms with E-state index in [4.69, 9.17) is 12.2 Å². The molecular weight excluding hydrogens is 388 g/mol. The van der Waals surface area contributed by atoms with E-state index < -0.39 is 8.07 Å². The smallest absolute Gasteiger partial charge is 0.113 e. The fourth-order valence-corrected chi connectivity index (χ4v) is 7.44. The maximum absolute atomic E-state index is 4.74. The fraction of sp³-hybridized carbons (Fsp3) is 0.160. The molecule has 0 aliphatic carbocycles. The van der Waals surface area contributed by atoms with Crippen molar-refractivity contribution in [2.24, 2.45) is 4.99 Å². The Labute approximate surface area is 178 Å². The molecule has 0 radical (unpaired) electrons. The van der Waals surface area contributed by atoms with Crippen molar-refractivity contribution in [3.05, 3.63) is 82.2 Å². The summed E-state index contributed by atoms with van der Waals surface area (Å²) in [5.41, 5.74) is 5.87. The Hall–Kier alpha value is -2.78. The molecule has 0 fully saturated rings. The lowest BCUT2D eigenvalue weighted by atomic mass is 9.94. The third kappa shape index (κ3) is 3.30. The molecule has 0 unspecified atom stereocenters. The Bertz CT molecular complexity index is 1270. The summed E-state index contributed by atoms with van der Waals surface area (Å²) in [4.78, 5) is 6.27. The van der Waals surface area contributed by atoms with Crippen LogP contribution in [0.4, 0.5) is 11.4 Å². The molecule has 2 nitrogen and oxygen atoms in total. The van der Waals surface area contributed by atoms with E-state index in [1.54, 1.807) is 0 Å². The van der Waals surface area contributed by atoms with Crippen LogP contribution in [0.25, 0.3) is 12.2 Å². The van der Waals surface area contributed by atoms with Gasteiger partial charge in [0.2, 0.25) is 0 Å². The van der Waals surface area contributed by atoms with Crippen LogP contribution in [0.1, 0.15) is 11.1 Å². The lowest BCUT2D eigenvalue weighted by Crippen LogP contribution is -2.63. The lowest BCUT2D eigenvalue weighted by molar-refractivity contribution is 1.13. The molecule has 29 heavy (non-hydrogen) atoms. The summed E-state index contributed by atoms with van der Waals surface area (Å²) in [6.45, 7) is 9.09. The lowest BCUT2D eigenvalue weighted by Gasteiger charge is -2.34. The van der Waals surface area contributed by atoms with Gasteiger partial charge in [0.15, 0.2) is 0 Å². The molecule has 0 spiro atoms. The van der Waals surface area contributed by atoms with E-state index in [2.05, 4.69) is 97.4 Å². The summed E-state index contributed by atoms with van der Waals surface area (Å²) in [6.07, 6.45) is 0. The van der Waals surface area contributed by atoms with Crippen molar-refractivity contribution in [1.82, 2.24) is 0 Å². The Kier molecular flexibility index (Phi) is 4.87. The maximum atomic E-state index is 4.74. The second-order valence-corrected chi connectivity index (χ2v) is 12.8. The van der Waals surface area contributed by atoms with Crippen LogP contribution < -0.4 is 25.7 Å². The third-order valence-corrected chi connectivity index (χ3v) is 9.43. The van der Waals surface area contributed by atoms with Gasteiger partial charge in [-0.25, -0.2) is 0 Å². The van der Waals surface area contributed by atoms with Crippen LogP contribution in [0.15, 0.2) is 65.7 Å². The molecule has 0 bridgehead atoms. The summed E-state index contributed by atoms with van der Waals surface area (Å²) in [5.74, 6) is 0. The van der Waals surface area contributed by atoms with Crippen LogP contribution in [-0.2, 0) is 0 Å². The molecular formula is C25H24N2SSi. The second kappa shape index (κ2) is 7.23. The highest BCUT2D eigenvalue weighted by Gasteiger charge is 2.35. The van der Waals surface area contributed by atoms with Crippen molar-refractivity contribution in [3.8, 4) is 0 Å². The molecule has 1 aliphatic rings. The zero-order valence-electron chi connectivity index (χ0n) is 17.3. The topological polar surface area (TPSA) is 15.6 Å². The van der Waals surface area contributed by atoms with Crippen LogP contribution in [0.5, 0.6) is 0 Å². The SMILES string of the molecule is C=c1ccc2c(c1)[Si](C)(C)c1cc(N(C)C)ccc1C=2c1ccc(N=C=S)cc1. The van der Waals surface area contributed by atoms with Gasteiger partial charge in [-0.05, 0) is 74.0 Å². The van der Waals surface area contributed by atoms with E-state index >= 15 is 0 Å². The quantitative estimate of drug-likeness (QED) is 0.373. The van der Waals surface area contributed by atoms with Crippen molar-refractivity contribution < 1.29 is 0 Å². The van der Waals surface area contributed by atoms with Crippen LogP contribution >= 0.6 is 12.2 Å². The number of fused-ring (bicyclic) bond motifs is 2. The number of benzene rings is 3. The highest BCUT2D eigenvalue weighted by molar-refractivity contribution is 7.78. The van der Waals surface area contributed by atoms with E-state index in [-0.39, 0.29) is 0 Å². The normalized spacial score (nSPS) is 13.9. The predicted octanol–water partition coefficient (Wildman–Crippen LogP) is 3.28. The maximum Gasteiger partial charge on any atom is 0.113 e. The van der Waals surface area contributed by atoms with Gasteiger partial charge in [0.1, 0.15) is 8.07 Å². The molecule has 1 heterocycles. The molecule has 4 heteroatoms. The highest BCUT2D eigenvalue weighted by atomic mass is 32.1. The van der Waals surface area contributed by atoms with E-state index in [1.807, 2.05) is 12.1 Å². The third-order valence-electron chi connectivity index (χ3n) is 5.82. The average molecular weight is 413 g/mol. The van der Waals surface area contributed by atoms with Gasteiger partial charge in [-0.1, -0.05) is 56.1 Å². The minimum atomic E-state index is -1.87. The number of hydrogen-bond donors (Lipinski definition) is 0. The van der Waals surface area contributed by atoms with E-state index in [1.165, 1.54) is 38.0 Å². The molecule has 0 amide bonds. The number of rotatable bonds is 3. The highest BCUT2D eigenvalue weighted by Crippen LogP contribution is 2.28. The fourth-order valence-electron chi connectivity index (χ4n) is 4.23. The molecule has 3 aromatic rings. The van der Waals surface area contributed by atoms with Crippen molar-refractivity contribution in [1.29, 1.82) is 0 Å². The summed E-state index contributed by atoms with van der Waals surface area (Å²) in [5, 5.41) is 7.76. The van der Waals surface area contributed by atoms with Gasteiger partial charge < -0.3 is 4.90 Å². The van der Waals surface area contributed by atoms with Gasteiger partial charge in [-0.2, -0.15) is 4.99 Å². The van der Waals surface area contributed by atoms with Gasteiger partial charge in [0.05, 0.1) is 10.8 Å².